The van der Waals surface area contributed by atoms with Crippen LogP contribution in [-0.4, -0.2) is 36.0 Å². The quantitative estimate of drug-likeness (QED) is 0.778. The molecule has 0 aromatic heterocycles. The summed E-state index contributed by atoms with van der Waals surface area (Å²) in [5, 5.41) is 0. The fourth-order valence-corrected chi connectivity index (χ4v) is 4.35. The van der Waals surface area contributed by atoms with Crippen LogP contribution in [-0.2, 0) is 11.3 Å². The summed E-state index contributed by atoms with van der Waals surface area (Å²) < 4.78 is 19.6. The van der Waals surface area contributed by atoms with E-state index in [9.17, 15) is 9.18 Å². The third-order valence-corrected chi connectivity index (χ3v) is 5.78. The minimum Gasteiger partial charge on any atom is -0.378 e. The monoisotopic (exact) mass is 353 g/mol. The average molecular weight is 353 g/mol. The molecule has 0 amide bonds. The molecule has 26 heavy (non-hydrogen) atoms. The summed E-state index contributed by atoms with van der Waals surface area (Å²) in [5.74, 6) is -0.277. The number of ether oxygens (including phenoxy) is 1. The Balaban J connectivity index is 1.52. The van der Waals surface area contributed by atoms with Crippen molar-refractivity contribution in [3.05, 3.63) is 71.0 Å². The molecule has 2 atom stereocenters. The number of carbonyl (C=O) groups is 1. The highest BCUT2D eigenvalue weighted by Crippen LogP contribution is 2.35. The predicted octanol–water partition coefficient (Wildman–Crippen LogP) is 4.00. The van der Waals surface area contributed by atoms with E-state index in [1.807, 2.05) is 6.07 Å². The van der Waals surface area contributed by atoms with Crippen LogP contribution >= 0.6 is 0 Å². The van der Waals surface area contributed by atoms with Gasteiger partial charge in [-0.05, 0) is 37.0 Å². The smallest absolute Gasteiger partial charge is 0.166 e. The normalized spacial score (nSPS) is 25.8. The number of carbonyl (C=O) groups excluding carboxylic acids is 1. The van der Waals surface area contributed by atoms with Crippen molar-refractivity contribution in [1.29, 1.82) is 0 Å². The molecule has 0 N–H and O–H groups in total. The highest BCUT2D eigenvalue weighted by molar-refractivity contribution is 5.99. The van der Waals surface area contributed by atoms with Crippen LogP contribution in [0, 0.1) is 18.7 Å². The van der Waals surface area contributed by atoms with Crippen LogP contribution < -0.4 is 0 Å². The highest BCUT2D eigenvalue weighted by atomic mass is 19.1. The molecular formula is C22H24FNO2. The number of rotatable bonds is 4. The minimum absolute atomic E-state index is 0.0542. The lowest BCUT2D eigenvalue weighted by molar-refractivity contribution is -0.0872. The van der Waals surface area contributed by atoms with E-state index in [2.05, 4.69) is 29.2 Å². The van der Waals surface area contributed by atoms with E-state index >= 15 is 0 Å². The molecule has 2 bridgehead atoms. The summed E-state index contributed by atoms with van der Waals surface area (Å²) in [6, 6.07) is 15.7. The van der Waals surface area contributed by atoms with Crippen molar-refractivity contribution in [2.75, 3.05) is 13.2 Å². The maximum Gasteiger partial charge on any atom is 0.166 e. The maximum absolute atomic E-state index is 13.9. The van der Waals surface area contributed by atoms with Crippen molar-refractivity contribution in [1.82, 2.24) is 4.90 Å². The van der Waals surface area contributed by atoms with Gasteiger partial charge >= 0.3 is 0 Å². The van der Waals surface area contributed by atoms with Gasteiger partial charge in [0.05, 0.1) is 13.2 Å². The fourth-order valence-electron chi connectivity index (χ4n) is 4.35. The molecule has 4 heteroatoms. The number of benzene rings is 2. The first-order chi connectivity index (χ1) is 12.6. The van der Waals surface area contributed by atoms with Crippen molar-refractivity contribution in [3.8, 4) is 0 Å². The Kier molecular flexibility index (Phi) is 4.88. The lowest BCUT2D eigenvalue weighted by Crippen LogP contribution is -2.57. The van der Waals surface area contributed by atoms with Crippen LogP contribution in [0.2, 0.25) is 0 Å². The van der Waals surface area contributed by atoms with E-state index in [0.29, 0.717) is 24.3 Å². The number of halogens is 1. The van der Waals surface area contributed by atoms with Crippen LogP contribution in [0.5, 0.6) is 0 Å². The summed E-state index contributed by atoms with van der Waals surface area (Å²) in [5.41, 5.74) is 2.28. The Bertz CT molecular complexity index is 778. The van der Waals surface area contributed by atoms with E-state index in [1.165, 1.54) is 11.6 Å². The summed E-state index contributed by atoms with van der Waals surface area (Å²) in [7, 11) is 0. The van der Waals surface area contributed by atoms with Crippen molar-refractivity contribution in [2.24, 2.45) is 5.92 Å². The van der Waals surface area contributed by atoms with Crippen molar-refractivity contribution < 1.29 is 13.9 Å². The van der Waals surface area contributed by atoms with Gasteiger partial charge in [0, 0.05) is 30.1 Å². The Morgan fingerprint density at radius 2 is 1.77 bits per heavy atom. The van der Waals surface area contributed by atoms with Gasteiger partial charge in [0.2, 0.25) is 0 Å². The molecule has 0 spiro atoms. The number of hydrogen-bond donors (Lipinski definition) is 0. The van der Waals surface area contributed by atoms with Gasteiger partial charge in [0.25, 0.3) is 0 Å². The highest BCUT2D eigenvalue weighted by Gasteiger charge is 2.41. The van der Waals surface area contributed by atoms with E-state index in [-0.39, 0.29) is 29.6 Å². The standard InChI is InChI=1S/C22H24FNO2/c1-15-20(8-5-9-21(15)23)22(25)17-10-18-13-26-14-19(11-17)24(18)12-16-6-3-2-4-7-16/h2-9,17-19H,10-14H2,1H3. The van der Waals surface area contributed by atoms with Gasteiger partial charge in [-0.25, -0.2) is 4.39 Å². The SMILES string of the molecule is Cc1c(F)cccc1C(=O)C1CC2COCC(C1)N2Cc1ccccc1. The number of piperidine rings is 1. The van der Waals surface area contributed by atoms with Crippen LogP contribution in [0.4, 0.5) is 4.39 Å². The van der Waals surface area contributed by atoms with E-state index in [0.717, 1.165) is 19.4 Å². The fraction of sp³-hybridized carbons (Fsp3) is 0.409. The van der Waals surface area contributed by atoms with Gasteiger partial charge in [-0.2, -0.15) is 0 Å². The van der Waals surface area contributed by atoms with Gasteiger partial charge in [0.15, 0.2) is 5.78 Å². The first-order valence-electron chi connectivity index (χ1n) is 9.30. The van der Waals surface area contributed by atoms with Gasteiger partial charge in [-0.3, -0.25) is 9.69 Å². The third kappa shape index (κ3) is 3.31. The molecule has 2 aliphatic heterocycles. The molecule has 2 saturated heterocycles. The second kappa shape index (κ2) is 7.29. The van der Waals surface area contributed by atoms with Crippen molar-refractivity contribution in [2.45, 2.75) is 38.4 Å². The van der Waals surface area contributed by atoms with Crippen LogP contribution in [0.3, 0.4) is 0 Å². The predicted molar refractivity (Wildman–Crippen MR) is 98.6 cm³/mol. The largest absolute Gasteiger partial charge is 0.378 e. The Morgan fingerprint density at radius 3 is 2.46 bits per heavy atom. The molecule has 0 aliphatic carbocycles. The molecule has 136 valence electrons. The zero-order valence-electron chi connectivity index (χ0n) is 15.0. The minimum atomic E-state index is -0.305. The van der Waals surface area contributed by atoms with E-state index in [4.69, 9.17) is 4.74 Å². The molecular weight excluding hydrogens is 329 g/mol. The Labute approximate surface area is 153 Å². The van der Waals surface area contributed by atoms with Gasteiger partial charge < -0.3 is 4.74 Å². The lowest BCUT2D eigenvalue weighted by Gasteiger charge is -2.48. The molecule has 3 nitrogen and oxygen atoms in total. The summed E-state index contributed by atoms with van der Waals surface area (Å²) >= 11 is 0. The summed E-state index contributed by atoms with van der Waals surface area (Å²) in [6.07, 6.45) is 1.55. The summed E-state index contributed by atoms with van der Waals surface area (Å²) in [4.78, 5) is 15.5. The van der Waals surface area contributed by atoms with Crippen LogP contribution in [0.15, 0.2) is 48.5 Å². The molecule has 2 aliphatic rings. The average Bonchev–Trinajstić information content (AvgIpc) is 2.64. The number of morpholine rings is 1. The van der Waals surface area contributed by atoms with E-state index < -0.39 is 0 Å². The zero-order chi connectivity index (χ0) is 18.1. The molecule has 0 radical (unpaired) electrons. The number of fused-ring (bicyclic) bond motifs is 2. The second-order valence-electron chi connectivity index (χ2n) is 7.45. The number of ketones is 1. The molecule has 4 rings (SSSR count). The molecule has 2 aromatic rings. The summed E-state index contributed by atoms with van der Waals surface area (Å²) in [6.45, 7) is 3.90. The van der Waals surface area contributed by atoms with Crippen LogP contribution in [0.1, 0.15) is 34.3 Å². The van der Waals surface area contributed by atoms with E-state index in [1.54, 1.807) is 19.1 Å². The number of Topliss-reactive ketones (excluding diaryl/α,β-unsaturated/α-hetero) is 1. The van der Waals surface area contributed by atoms with Crippen LogP contribution in [0.25, 0.3) is 0 Å². The van der Waals surface area contributed by atoms with Gasteiger partial charge in [-0.1, -0.05) is 42.5 Å². The Hall–Kier alpha value is -2.04. The number of hydrogen-bond acceptors (Lipinski definition) is 3. The van der Waals surface area contributed by atoms with Crippen molar-refractivity contribution >= 4 is 5.78 Å². The third-order valence-electron chi connectivity index (χ3n) is 5.78. The molecule has 2 unspecified atom stereocenters. The van der Waals surface area contributed by atoms with Crippen molar-refractivity contribution in [3.63, 3.8) is 0 Å². The topological polar surface area (TPSA) is 29.5 Å². The first kappa shape index (κ1) is 17.4. The molecule has 2 aromatic carbocycles. The second-order valence-corrected chi connectivity index (χ2v) is 7.45. The molecule has 2 fully saturated rings. The lowest BCUT2D eigenvalue weighted by atomic mass is 9.79. The van der Waals surface area contributed by atoms with Gasteiger partial charge in [-0.15, -0.1) is 0 Å². The first-order valence-corrected chi connectivity index (χ1v) is 9.30. The zero-order valence-corrected chi connectivity index (χ0v) is 15.0. The maximum atomic E-state index is 13.9. The molecule has 2 heterocycles. The Morgan fingerprint density at radius 1 is 1.08 bits per heavy atom. The molecule has 0 saturated carbocycles. The van der Waals surface area contributed by atoms with Gasteiger partial charge in [0.1, 0.15) is 5.82 Å². The number of nitrogens with zero attached hydrogens (tertiary/aromatic N) is 1.